The number of halogens is 2. The van der Waals surface area contributed by atoms with Crippen LogP contribution in [0.4, 0.5) is 5.82 Å². The lowest BCUT2D eigenvalue weighted by molar-refractivity contribution is 0.102. The fourth-order valence-electron chi connectivity index (χ4n) is 2.21. The molecule has 2 aromatic carbocycles. The van der Waals surface area contributed by atoms with Crippen LogP contribution in [0, 0.1) is 6.92 Å². The van der Waals surface area contributed by atoms with Gasteiger partial charge in [0.1, 0.15) is 0 Å². The minimum absolute atomic E-state index is 0.210. The van der Waals surface area contributed by atoms with E-state index in [1.54, 1.807) is 22.9 Å². The third-order valence-electron chi connectivity index (χ3n) is 3.32. The first kappa shape index (κ1) is 15.8. The Labute approximate surface area is 147 Å². The Kier molecular flexibility index (Phi) is 4.50. The van der Waals surface area contributed by atoms with E-state index in [9.17, 15) is 4.79 Å². The minimum atomic E-state index is -0.210. The SMILES string of the molecule is Cc1cc(NC(=O)c2ccccc2Br)nn1-c1ccc(Cl)cc1. The third-order valence-corrected chi connectivity index (χ3v) is 4.26. The summed E-state index contributed by atoms with van der Waals surface area (Å²) in [5.74, 6) is 0.288. The van der Waals surface area contributed by atoms with Gasteiger partial charge in [-0.1, -0.05) is 23.7 Å². The predicted molar refractivity (Wildman–Crippen MR) is 95.4 cm³/mol. The second-order valence-corrected chi connectivity index (χ2v) is 6.28. The second kappa shape index (κ2) is 6.56. The number of nitrogens with one attached hydrogen (secondary N) is 1. The molecule has 0 radical (unpaired) electrons. The van der Waals surface area contributed by atoms with Crippen molar-refractivity contribution in [2.24, 2.45) is 0 Å². The topological polar surface area (TPSA) is 46.9 Å². The molecule has 0 spiro atoms. The van der Waals surface area contributed by atoms with Crippen LogP contribution in [0.2, 0.25) is 5.02 Å². The number of anilines is 1. The summed E-state index contributed by atoms with van der Waals surface area (Å²) in [5.41, 5.74) is 2.36. The van der Waals surface area contributed by atoms with Crippen LogP contribution in [0.5, 0.6) is 0 Å². The summed E-state index contributed by atoms with van der Waals surface area (Å²) >= 11 is 9.28. The highest BCUT2D eigenvalue weighted by Crippen LogP contribution is 2.20. The van der Waals surface area contributed by atoms with Crippen molar-refractivity contribution < 1.29 is 4.79 Å². The standard InChI is InChI=1S/C17H13BrClN3O/c1-11-10-16(20-17(23)14-4-2-3-5-15(14)18)21-22(11)13-8-6-12(19)7-9-13/h2-10H,1H3,(H,20,21,23). The van der Waals surface area contributed by atoms with Crippen LogP contribution in [-0.4, -0.2) is 15.7 Å². The molecule has 0 bridgehead atoms. The van der Waals surface area contributed by atoms with Crippen molar-refractivity contribution in [2.45, 2.75) is 6.92 Å². The van der Waals surface area contributed by atoms with Crippen LogP contribution in [0.25, 0.3) is 5.69 Å². The number of carbonyl (C=O) groups is 1. The molecule has 1 aromatic heterocycles. The van der Waals surface area contributed by atoms with Crippen molar-refractivity contribution in [1.29, 1.82) is 0 Å². The summed E-state index contributed by atoms with van der Waals surface area (Å²) in [4.78, 5) is 12.3. The Morgan fingerprint density at radius 3 is 2.57 bits per heavy atom. The lowest BCUT2D eigenvalue weighted by atomic mass is 10.2. The highest BCUT2D eigenvalue weighted by Gasteiger charge is 2.13. The van der Waals surface area contributed by atoms with Crippen LogP contribution < -0.4 is 5.32 Å². The van der Waals surface area contributed by atoms with Gasteiger partial charge >= 0.3 is 0 Å². The van der Waals surface area contributed by atoms with Crippen LogP contribution in [-0.2, 0) is 0 Å². The van der Waals surface area contributed by atoms with E-state index in [4.69, 9.17) is 11.6 Å². The van der Waals surface area contributed by atoms with E-state index in [1.165, 1.54) is 0 Å². The Morgan fingerprint density at radius 2 is 1.87 bits per heavy atom. The zero-order valence-corrected chi connectivity index (χ0v) is 14.6. The van der Waals surface area contributed by atoms with E-state index in [-0.39, 0.29) is 5.91 Å². The highest BCUT2D eigenvalue weighted by molar-refractivity contribution is 9.10. The van der Waals surface area contributed by atoms with Crippen molar-refractivity contribution >= 4 is 39.3 Å². The van der Waals surface area contributed by atoms with Gasteiger partial charge in [0.15, 0.2) is 5.82 Å². The number of aryl methyl sites for hydroxylation is 1. The van der Waals surface area contributed by atoms with Gasteiger partial charge in [-0.3, -0.25) is 4.79 Å². The van der Waals surface area contributed by atoms with Crippen molar-refractivity contribution in [1.82, 2.24) is 9.78 Å². The number of rotatable bonds is 3. The van der Waals surface area contributed by atoms with Crippen LogP contribution in [0.3, 0.4) is 0 Å². The summed E-state index contributed by atoms with van der Waals surface area (Å²) in [6, 6.07) is 16.4. The number of carbonyl (C=O) groups excluding carboxylic acids is 1. The maximum absolute atomic E-state index is 12.3. The van der Waals surface area contributed by atoms with Gasteiger partial charge in [0.05, 0.1) is 11.3 Å². The van der Waals surface area contributed by atoms with E-state index in [2.05, 4.69) is 26.3 Å². The first-order valence-corrected chi connectivity index (χ1v) is 8.10. The first-order valence-electron chi connectivity index (χ1n) is 6.93. The Hall–Kier alpha value is -2.11. The quantitative estimate of drug-likeness (QED) is 0.695. The molecule has 6 heteroatoms. The summed E-state index contributed by atoms with van der Waals surface area (Å²) in [7, 11) is 0. The second-order valence-electron chi connectivity index (χ2n) is 4.99. The Bertz CT molecular complexity index is 859. The monoisotopic (exact) mass is 389 g/mol. The number of aromatic nitrogens is 2. The summed E-state index contributed by atoms with van der Waals surface area (Å²) in [5, 5.41) is 7.91. The van der Waals surface area contributed by atoms with Gasteiger partial charge in [-0.05, 0) is 59.3 Å². The highest BCUT2D eigenvalue weighted by atomic mass is 79.9. The molecular weight excluding hydrogens is 378 g/mol. The molecule has 0 atom stereocenters. The molecule has 0 aliphatic carbocycles. The third kappa shape index (κ3) is 3.46. The van der Waals surface area contributed by atoms with Gasteiger partial charge < -0.3 is 5.32 Å². The number of amides is 1. The van der Waals surface area contributed by atoms with E-state index in [1.807, 2.05) is 43.3 Å². The molecule has 0 aliphatic rings. The average molecular weight is 391 g/mol. The first-order chi connectivity index (χ1) is 11.0. The van der Waals surface area contributed by atoms with Gasteiger partial charge in [-0.25, -0.2) is 4.68 Å². The van der Waals surface area contributed by atoms with Crippen molar-refractivity contribution in [3.8, 4) is 5.69 Å². The van der Waals surface area contributed by atoms with Crippen molar-refractivity contribution in [3.05, 3.63) is 75.4 Å². The van der Waals surface area contributed by atoms with E-state index >= 15 is 0 Å². The van der Waals surface area contributed by atoms with Gasteiger partial charge in [-0.15, -0.1) is 5.10 Å². The van der Waals surface area contributed by atoms with Crippen LogP contribution in [0.15, 0.2) is 59.1 Å². The van der Waals surface area contributed by atoms with Gasteiger partial charge in [-0.2, -0.15) is 0 Å². The van der Waals surface area contributed by atoms with Crippen molar-refractivity contribution in [2.75, 3.05) is 5.32 Å². The molecule has 4 nitrogen and oxygen atoms in total. The molecule has 1 N–H and O–H groups in total. The largest absolute Gasteiger partial charge is 0.305 e. The molecule has 1 heterocycles. The smallest absolute Gasteiger partial charge is 0.258 e. The molecule has 116 valence electrons. The summed E-state index contributed by atoms with van der Waals surface area (Å²) in [6.07, 6.45) is 0. The maximum atomic E-state index is 12.3. The van der Waals surface area contributed by atoms with Gasteiger partial charge in [0.2, 0.25) is 0 Å². The lowest BCUT2D eigenvalue weighted by Crippen LogP contribution is -2.13. The van der Waals surface area contributed by atoms with Gasteiger partial charge in [0, 0.05) is 21.3 Å². The summed E-state index contributed by atoms with van der Waals surface area (Å²) < 4.78 is 2.50. The normalized spacial score (nSPS) is 10.6. The fourth-order valence-corrected chi connectivity index (χ4v) is 2.80. The zero-order valence-electron chi connectivity index (χ0n) is 12.3. The zero-order chi connectivity index (χ0) is 16.4. The Balaban J connectivity index is 1.85. The van der Waals surface area contributed by atoms with Crippen LogP contribution in [0.1, 0.15) is 16.1 Å². The number of hydrogen-bond donors (Lipinski definition) is 1. The average Bonchev–Trinajstić information content (AvgIpc) is 2.89. The molecule has 0 saturated heterocycles. The molecule has 3 rings (SSSR count). The van der Waals surface area contributed by atoms with Gasteiger partial charge in [0.25, 0.3) is 5.91 Å². The van der Waals surface area contributed by atoms with E-state index < -0.39 is 0 Å². The molecule has 1 amide bonds. The molecule has 3 aromatic rings. The van der Waals surface area contributed by atoms with E-state index in [0.29, 0.717) is 16.4 Å². The molecule has 0 unspecified atom stereocenters. The Morgan fingerprint density at radius 1 is 1.17 bits per heavy atom. The van der Waals surface area contributed by atoms with E-state index in [0.717, 1.165) is 15.9 Å². The molecule has 0 aliphatic heterocycles. The molecule has 23 heavy (non-hydrogen) atoms. The van der Waals surface area contributed by atoms with Crippen molar-refractivity contribution in [3.63, 3.8) is 0 Å². The number of hydrogen-bond acceptors (Lipinski definition) is 2. The maximum Gasteiger partial charge on any atom is 0.258 e. The minimum Gasteiger partial charge on any atom is -0.305 e. The molecular formula is C17H13BrClN3O. The van der Waals surface area contributed by atoms with Crippen LogP contribution >= 0.6 is 27.5 Å². The number of benzene rings is 2. The summed E-state index contributed by atoms with van der Waals surface area (Å²) in [6.45, 7) is 1.93. The predicted octanol–water partition coefficient (Wildman–Crippen LogP) is 4.85. The number of nitrogens with zero attached hydrogens (tertiary/aromatic N) is 2. The molecule has 0 saturated carbocycles. The lowest BCUT2D eigenvalue weighted by Gasteiger charge is -2.05. The fraction of sp³-hybridized carbons (Fsp3) is 0.0588. The molecule has 0 fully saturated rings.